The van der Waals surface area contributed by atoms with Crippen molar-refractivity contribution in [2.75, 3.05) is 7.11 Å². The first-order valence-electron chi connectivity index (χ1n) is 5.73. The fourth-order valence-corrected chi connectivity index (χ4v) is 3.42. The summed E-state index contributed by atoms with van der Waals surface area (Å²) < 4.78 is 21.2. The zero-order valence-corrected chi connectivity index (χ0v) is 12.5. The van der Waals surface area contributed by atoms with Crippen LogP contribution in [0.2, 0.25) is 0 Å². The van der Waals surface area contributed by atoms with E-state index >= 15 is 0 Å². The average Bonchev–Trinajstić information content (AvgIpc) is 2.38. The molecule has 0 fully saturated rings. The number of rotatable bonds is 7. The summed E-state index contributed by atoms with van der Waals surface area (Å²) in [4.78, 5) is 9.29. The van der Waals surface area contributed by atoms with Crippen LogP contribution in [0.4, 0.5) is 0 Å². The van der Waals surface area contributed by atoms with Crippen LogP contribution >= 0.6 is 20.0 Å². The highest BCUT2D eigenvalue weighted by atomic mass is 32.2. The molecule has 0 aromatic heterocycles. The lowest BCUT2D eigenvalue weighted by molar-refractivity contribution is 0.147. The highest BCUT2D eigenvalue weighted by Crippen LogP contribution is 2.44. The van der Waals surface area contributed by atoms with E-state index in [0.717, 1.165) is 10.6 Å². The van der Waals surface area contributed by atoms with E-state index in [1.165, 1.54) is 11.8 Å². The van der Waals surface area contributed by atoms with Gasteiger partial charge in [0.15, 0.2) is 4.93 Å². The molecule has 1 aromatic carbocycles. The molecule has 0 aliphatic carbocycles. The predicted octanol–water partition coefficient (Wildman–Crippen LogP) is 3.97. The topological polar surface area (TPSA) is 55.8 Å². The monoisotopic (exact) mass is 289 g/mol. The molecule has 0 radical (unpaired) electrons. The molecule has 100 valence electrons. The van der Waals surface area contributed by atoms with Gasteiger partial charge in [-0.05, 0) is 37.1 Å². The van der Waals surface area contributed by atoms with Crippen LogP contribution in [0.25, 0.3) is 0 Å². The van der Waals surface area contributed by atoms with Crippen molar-refractivity contribution in [2.45, 2.75) is 36.5 Å². The van der Waals surface area contributed by atoms with Gasteiger partial charge in [0.1, 0.15) is 5.75 Å². The van der Waals surface area contributed by atoms with Gasteiger partial charge in [0.05, 0.1) is 7.11 Å². The second-order valence-electron chi connectivity index (χ2n) is 3.72. The Kier molecular flexibility index (Phi) is 6.09. The van der Waals surface area contributed by atoms with Crippen LogP contribution in [0, 0.1) is 0 Å². The van der Waals surface area contributed by atoms with Gasteiger partial charge in [-0.25, -0.2) is 0 Å². The summed E-state index contributed by atoms with van der Waals surface area (Å²) in [5.74, 6) is 0.784. The third kappa shape index (κ3) is 4.25. The SMILES string of the molecule is CCC(CC)(O[P+](=O)O)Sc1ccc(OC)cc1. The van der Waals surface area contributed by atoms with Gasteiger partial charge in [0.25, 0.3) is 0 Å². The second-order valence-corrected chi connectivity index (χ2v) is 5.80. The van der Waals surface area contributed by atoms with Crippen molar-refractivity contribution in [3.05, 3.63) is 24.3 Å². The van der Waals surface area contributed by atoms with Crippen LogP contribution in [-0.4, -0.2) is 16.9 Å². The Balaban J connectivity index is 2.84. The molecule has 0 spiro atoms. The molecule has 1 aromatic rings. The molecule has 0 aliphatic rings. The maximum absolute atomic E-state index is 10.9. The third-order valence-corrected chi connectivity index (χ3v) is 4.85. The lowest BCUT2D eigenvalue weighted by atomic mass is 10.2. The van der Waals surface area contributed by atoms with Gasteiger partial charge >= 0.3 is 8.25 Å². The molecule has 0 heterocycles. The van der Waals surface area contributed by atoms with E-state index in [4.69, 9.17) is 14.2 Å². The quantitative estimate of drug-likeness (QED) is 0.467. The first kappa shape index (κ1) is 15.4. The molecule has 1 unspecified atom stereocenters. The van der Waals surface area contributed by atoms with E-state index in [1.807, 2.05) is 38.1 Å². The zero-order chi connectivity index (χ0) is 13.6. The van der Waals surface area contributed by atoms with Crippen LogP contribution in [-0.2, 0) is 9.09 Å². The normalized spacial score (nSPS) is 12.3. The summed E-state index contributed by atoms with van der Waals surface area (Å²) in [6.07, 6.45) is 1.31. The summed E-state index contributed by atoms with van der Waals surface area (Å²) in [6, 6.07) is 7.55. The molecule has 18 heavy (non-hydrogen) atoms. The zero-order valence-electron chi connectivity index (χ0n) is 10.8. The van der Waals surface area contributed by atoms with Crippen molar-refractivity contribution in [3.8, 4) is 5.75 Å². The van der Waals surface area contributed by atoms with Crippen molar-refractivity contribution < 1.29 is 18.7 Å². The molecule has 1 atom stereocenters. The summed E-state index contributed by atoms with van der Waals surface area (Å²) in [6.45, 7) is 3.89. The molecule has 0 amide bonds. The minimum Gasteiger partial charge on any atom is -0.497 e. The van der Waals surface area contributed by atoms with Crippen LogP contribution < -0.4 is 4.74 Å². The molecule has 0 saturated heterocycles. The summed E-state index contributed by atoms with van der Waals surface area (Å²) in [5, 5.41) is 0. The fourth-order valence-electron chi connectivity index (χ4n) is 1.54. The molecule has 4 nitrogen and oxygen atoms in total. The Morgan fingerprint density at radius 1 is 1.28 bits per heavy atom. The number of thioether (sulfide) groups is 1. The van der Waals surface area contributed by atoms with E-state index < -0.39 is 13.2 Å². The Bertz CT molecular complexity index is 390. The molecular formula is C12H18O4PS+. The Hall–Kier alpha value is -0.610. The van der Waals surface area contributed by atoms with Gasteiger partial charge in [0.2, 0.25) is 0 Å². The summed E-state index contributed by atoms with van der Waals surface area (Å²) >= 11 is 1.46. The first-order valence-corrected chi connectivity index (χ1v) is 7.68. The molecule has 1 N–H and O–H groups in total. The minimum atomic E-state index is -2.60. The van der Waals surface area contributed by atoms with Crippen LogP contribution in [0.1, 0.15) is 26.7 Å². The van der Waals surface area contributed by atoms with Crippen LogP contribution in [0.5, 0.6) is 5.75 Å². The molecule has 0 aliphatic heterocycles. The highest BCUT2D eigenvalue weighted by Gasteiger charge is 2.38. The number of methoxy groups -OCH3 is 1. The van der Waals surface area contributed by atoms with Crippen molar-refractivity contribution in [3.63, 3.8) is 0 Å². The van der Waals surface area contributed by atoms with E-state index in [2.05, 4.69) is 0 Å². The minimum absolute atomic E-state index is 0.655. The van der Waals surface area contributed by atoms with Gasteiger partial charge < -0.3 is 4.74 Å². The van der Waals surface area contributed by atoms with E-state index in [1.54, 1.807) is 7.11 Å². The lowest BCUT2D eigenvalue weighted by Crippen LogP contribution is -2.23. The molecule has 0 saturated carbocycles. The summed E-state index contributed by atoms with van der Waals surface area (Å²) in [7, 11) is -0.986. The maximum atomic E-state index is 10.9. The van der Waals surface area contributed by atoms with Crippen LogP contribution in [0.3, 0.4) is 0 Å². The van der Waals surface area contributed by atoms with Gasteiger partial charge in [-0.3, -0.25) is 0 Å². The Morgan fingerprint density at radius 2 is 1.83 bits per heavy atom. The van der Waals surface area contributed by atoms with E-state index in [9.17, 15) is 4.57 Å². The smallest absolute Gasteiger partial charge is 0.497 e. The summed E-state index contributed by atoms with van der Waals surface area (Å²) in [5.41, 5.74) is 0. The second kappa shape index (κ2) is 7.10. The van der Waals surface area contributed by atoms with Gasteiger partial charge in [-0.2, -0.15) is 0 Å². The predicted molar refractivity (Wildman–Crippen MR) is 73.1 cm³/mol. The maximum Gasteiger partial charge on any atom is 0.696 e. The van der Waals surface area contributed by atoms with Crippen molar-refractivity contribution in [1.82, 2.24) is 0 Å². The Labute approximate surface area is 113 Å². The van der Waals surface area contributed by atoms with Crippen molar-refractivity contribution in [1.29, 1.82) is 0 Å². The van der Waals surface area contributed by atoms with Crippen molar-refractivity contribution in [2.24, 2.45) is 0 Å². The fraction of sp³-hybridized carbons (Fsp3) is 0.500. The number of ether oxygens (including phenoxy) is 1. The Morgan fingerprint density at radius 3 is 2.22 bits per heavy atom. The van der Waals surface area contributed by atoms with Crippen molar-refractivity contribution >= 4 is 20.0 Å². The van der Waals surface area contributed by atoms with Crippen LogP contribution in [0.15, 0.2) is 29.2 Å². The van der Waals surface area contributed by atoms with Gasteiger partial charge in [0, 0.05) is 9.46 Å². The van der Waals surface area contributed by atoms with Gasteiger partial charge in [-0.1, -0.05) is 25.6 Å². The standard InChI is InChI=1S/C12H17O4PS/c1-4-12(5-2,16-17(13)14)18-11-8-6-10(15-3)7-9-11/h6-9H,4-5H2,1-3H3/p+1. The first-order chi connectivity index (χ1) is 8.55. The third-order valence-electron chi connectivity index (χ3n) is 2.69. The highest BCUT2D eigenvalue weighted by molar-refractivity contribution is 8.00. The molecule has 0 bridgehead atoms. The number of hydrogen-bond acceptors (Lipinski definition) is 4. The molecular weight excluding hydrogens is 271 g/mol. The molecule has 6 heteroatoms. The van der Waals surface area contributed by atoms with E-state index in [-0.39, 0.29) is 0 Å². The largest absolute Gasteiger partial charge is 0.696 e. The number of benzene rings is 1. The van der Waals surface area contributed by atoms with E-state index in [0.29, 0.717) is 12.8 Å². The lowest BCUT2D eigenvalue weighted by Gasteiger charge is -2.23. The molecule has 1 rings (SSSR count). The number of hydrogen-bond donors (Lipinski definition) is 1. The van der Waals surface area contributed by atoms with Gasteiger partial charge in [-0.15, -0.1) is 9.42 Å². The average molecular weight is 289 g/mol.